The van der Waals surface area contributed by atoms with Crippen LogP contribution < -0.4 is 0 Å². The maximum absolute atomic E-state index is 11.6. The second-order valence-electron chi connectivity index (χ2n) is 8.34. The summed E-state index contributed by atoms with van der Waals surface area (Å²) >= 11 is 0. The predicted molar refractivity (Wildman–Crippen MR) is 120 cm³/mol. The molecule has 0 fully saturated rings. The van der Waals surface area contributed by atoms with Gasteiger partial charge in [-0.25, -0.2) is 0 Å². The zero-order valence-electron chi connectivity index (χ0n) is 18.9. The highest BCUT2D eigenvalue weighted by atomic mass is 16.5. The summed E-state index contributed by atoms with van der Waals surface area (Å²) in [5, 5.41) is 18.9. The second-order valence-corrected chi connectivity index (χ2v) is 8.34. The Morgan fingerprint density at radius 2 is 1.04 bits per heavy atom. The van der Waals surface area contributed by atoms with Gasteiger partial charge in [-0.1, -0.05) is 103 Å². The summed E-state index contributed by atoms with van der Waals surface area (Å²) in [5.41, 5.74) is 0. The number of rotatable bonds is 21. The van der Waals surface area contributed by atoms with Gasteiger partial charge in [-0.15, -0.1) is 0 Å². The van der Waals surface area contributed by atoms with Crippen LogP contribution in [0, 0.1) is 0 Å². The second kappa shape index (κ2) is 19.6. The van der Waals surface area contributed by atoms with Crippen molar-refractivity contribution in [3.05, 3.63) is 12.2 Å². The van der Waals surface area contributed by atoms with Gasteiger partial charge in [-0.3, -0.25) is 4.79 Å². The Hall–Kier alpha value is -0.670. The minimum atomic E-state index is -2.11. The zero-order chi connectivity index (χ0) is 20.9. The van der Waals surface area contributed by atoms with Gasteiger partial charge in [-0.05, 0) is 32.1 Å². The Morgan fingerprint density at radius 3 is 1.46 bits per heavy atom. The van der Waals surface area contributed by atoms with Gasteiger partial charge < -0.3 is 10.2 Å². The number of carbonyl (C=O) groups is 1. The molecule has 0 saturated heterocycles. The molecule has 0 saturated carbocycles. The number of unbranched alkanes of at least 4 members (excludes halogenated alkanes) is 15. The van der Waals surface area contributed by atoms with E-state index in [2.05, 4.69) is 19.1 Å². The molecule has 0 aromatic heterocycles. The maximum Gasteiger partial charge on any atom is 0.223 e. The van der Waals surface area contributed by atoms with Gasteiger partial charge in [0.2, 0.25) is 5.79 Å². The lowest BCUT2D eigenvalue weighted by Gasteiger charge is -2.17. The maximum atomic E-state index is 11.6. The van der Waals surface area contributed by atoms with E-state index in [9.17, 15) is 15.0 Å². The third-order valence-corrected chi connectivity index (χ3v) is 5.61. The van der Waals surface area contributed by atoms with Crippen molar-refractivity contribution in [2.75, 3.05) is 0 Å². The van der Waals surface area contributed by atoms with E-state index in [1.54, 1.807) is 6.92 Å². The highest BCUT2D eigenvalue weighted by Crippen LogP contribution is 2.15. The lowest BCUT2D eigenvalue weighted by Crippen LogP contribution is -2.37. The molecule has 0 aromatic rings. The zero-order valence-corrected chi connectivity index (χ0v) is 18.9. The summed E-state index contributed by atoms with van der Waals surface area (Å²) < 4.78 is 0. The SMILES string of the molecule is CCCCCCCC/C=C\CCCCCCCCCCCC(=O)C(O)(O)CC. The van der Waals surface area contributed by atoms with Crippen LogP contribution in [0.5, 0.6) is 0 Å². The molecule has 0 aliphatic heterocycles. The molecule has 0 aromatic carbocycles. The number of hydrogen-bond donors (Lipinski definition) is 2. The standard InChI is InChI=1S/C25H48O3/c1-3-5-6-7-8-9-10-11-12-13-14-15-16-17-18-19-20-21-22-23-24(26)25(27,28)4-2/h11-12,27-28H,3-10,13-23H2,1-2H3/b12-11-. The van der Waals surface area contributed by atoms with E-state index in [1.807, 2.05) is 0 Å². The van der Waals surface area contributed by atoms with Crippen molar-refractivity contribution < 1.29 is 15.0 Å². The Morgan fingerprint density at radius 1 is 0.643 bits per heavy atom. The largest absolute Gasteiger partial charge is 0.360 e. The minimum absolute atomic E-state index is 0.0702. The molecule has 28 heavy (non-hydrogen) atoms. The van der Waals surface area contributed by atoms with Gasteiger partial charge in [0, 0.05) is 12.8 Å². The molecule has 166 valence electrons. The number of hydrogen-bond acceptors (Lipinski definition) is 3. The molecule has 0 rings (SSSR count). The van der Waals surface area contributed by atoms with Crippen molar-refractivity contribution in [1.82, 2.24) is 0 Å². The van der Waals surface area contributed by atoms with Crippen LogP contribution in [-0.2, 0) is 4.79 Å². The normalized spacial score (nSPS) is 12.1. The fraction of sp³-hybridized carbons (Fsp3) is 0.880. The molecule has 0 aliphatic carbocycles. The lowest BCUT2D eigenvalue weighted by atomic mass is 10.0. The molecule has 0 atom stereocenters. The first-order valence-electron chi connectivity index (χ1n) is 12.2. The molecule has 0 spiro atoms. The van der Waals surface area contributed by atoms with Crippen molar-refractivity contribution in [1.29, 1.82) is 0 Å². The van der Waals surface area contributed by atoms with Crippen molar-refractivity contribution >= 4 is 5.78 Å². The quantitative estimate of drug-likeness (QED) is 0.122. The molecule has 2 N–H and O–H groups in total. The lowest BCUT2D eigenvalue weighted by molar-refractivity contribution is -0.183. The van der Waals surface area contributed by atoms with Gasteiger partial charge in [0.1, 0.15) is 0 Å². The molecule has 0 bridgehead atoms. The Bertz CT molecular complexity index is 374. The molecule has 3 heteroatoms. The van der Waals surface area contributed by atoms with Gasteiger partial charge in [0.05, 0.1) is 0 Å². The first kappa shape index (κ1) is 27.3. The monoisotopic (exact) mass is 396 g/mol. The summed E-state index contributed by atoms with van der Waals surface area (Å²) in [6, 6.07) is 0. The van der Waals surface area contributed by atoms with Crippen molar-refractivity contribution in [3.63, 3.8) is 0 Å². The summed E-state index contributed by atoms with van der Waals surface area (Å²) in [4.78, 5) is 11.6. The molecule has 0 unspecified atom stereocenters. The Kier molecular flexibility index (Phi) is 19.2. The van der Waals surface area contributed by atoms with Gasteiger partial charge in [-0.2, -0.15) is 0 Å². The summed E-state index contributed by atoms with van der Waals surface area (Å²) in [6.45, 7) is 3.88. The van der Waals surface area contributed by atoms with Gasteiger partial charge in [0.15, 0.2) is 5.78 Å². The van der Waals surface area contributed by atoms with Crippen molar-refractivity contribution in [2.24, 2.45) is 0 Å². The molecular formula is C25H48O3. The predicted octanol–water partition coefficient (Wildman–Crippen LogP) is 7.24. The molecule has 0 aliphatic rings. The van der Waals surface area contributed by atoms with Crippen LogP contribution in [0.15, 0.2) is 12.2 Å². The highest BCUT2D eigenvalue weighted by molar-refractivity contribution is 5.85. The number of ketones is 1. The average Bonchev–Trinajstić information content (AvgIpc) is 2.69. The first-order chi connectivity index (χ1) is 13.5. The highest BCUT2D eigenvalue weighted by Gasteiger charge is 2.29. The molecule has 0 amide bonds. The van der Waals surface area contributed by atoms with E-state index in [-0.39, 0.29) is 12.8 Å². The molecule has 3 nitrogen and oxygen atoms in total. The molecule has 0 heterocycles. The van der Waals surface area contributed by atoms with Gasteiger partial charge >= 0.3 is 0 Å². The van der Waals surface area contributed by atoms with Gasteiger partial charge in [0.25, 0.3) is 0 Å². The molecular weight excluding hydrogens is 348 g/mol. The molecule has 0 radical (unpaired) electrons. The topological polar surface area (TPSA) is 57.5 Å². The number of carbonyl (C=O) groups excluding carboxylic acids is 1. The average molecular weight is 397 g/mol. The Balaban J connectivity index is 3.23. The van der Waals surface area contributed by atoms with E-state index in [4.69, 9.17) is 0 Å². The van der Waals surface area contributed by atoms with E-state index in [0.29, 0.717) is 0 Å². The van der Waals surface area contributed by atoms with E-state index in [0.717, 1.165) is 19.3 Å². The van der Waals surface area contributed by atoms with Crippen LogP contribution in [0.25, 0.3) is 0 Å². The third-order valence-electron chi connectivity index (χ3n) is 5.61. The number of allylic oxidation sites excluding steroid dienone is 2. The van der Waals surface area contributed by atoms with Crippen LogP contribution in [-0.4, -0.2) is 21.8 Å². The van der Waals surface area contributed by atoms with Crippen LogP contribution in [0.4, 0.5) is 0 Å². The van der Waals surface area contributed by atoms with E-state index >= 15 is 0 Å². The minimum Gasteiger partial charge on any atom is -0.360 e. The third kappa shape index (κ3) is 17.4. The fourth-order valence-corrected chi connectivity index (χ4v) is 3.46. The van der Waals surface area contributed by atoms with Crippen LogP contribution >= 0.6 is 0 Å². The van der Waals surface area contributed by atoms with E-state index in [1.165, 1.54) is 89.9 Å². The van der Waals surface area contributed by atoms with Crippen LogP contribution in [0.2, 0.25) is 0 Å². The van der Waals surface area contributed by atoms with Crippen molar-refractivity contribution in [2.45, 2.75) is 142 Å². The number of aliphatic hydroxyl groups is 2. The van der Waals surface area contributed by atoms with Crippen molar-refractivity contribution in [3.8, 4) is 0 Å². The first-order valence-corrected chi connectivity index (χ1v) is 12.2. The Labute approximate surface area is 175 Å². The van der Waals surface area contributed by atoms with Crippen LogP contribution in [0.3, 0.4) is 0 Å². The summed E-state index contributed by atoms with van der Waals surface area (Å²) in [7, 11) is 0. The smallest absolute Gasteiger partial charge is 0.223 e. The fourth-order valence-electron chi connectivity index (χ4n) is 3.46. The van der Waals surface area contributed by atoms with Crippen LogP contribution in [0.1, 0.15) is 136 Å². The summed E-state index contributed by atoms with van der Waals surface area (Å²) in [6.07, 6.45) is 26.6. The number of Topliss-reactive ketones (excluding diaryl/α,β-unsaturated/α-hetero) is 1. The summed E-state index contributed by atoms with van der Waals surface area (Å²) in [5.74, 6) is -2.54. The van der Waals surface area contributed by atoms with E-state index < -0.39 is 11.6 Å².